The minimum absolute atomic E-state index is 0.0403. The Kier molecular flexibility index (Phi) is 3.25. The van der Waals surface area contributed by atoms with E-state index in [0.717, 1.165) is 23.1 Å². The number of hydrogen-bond donors (Lipinski definition) is 2. The summed E-state index contributed by atoms with van der Waals surface area (Å²) in [6, 6.07) is 3.58. The largest absolute Gasteiger partial charge is 0.494 e. The van der Waals surface area contributed by atoms with Gasteiger partial charge in [0.25, 0.3) is 0 Å². The highest BCUT2D eigenvalue weighted by atomic mass is 32.1. The molecule has 3 rings (SSSR count). The van der Waals surface area contributed by atoms with Gasteiger partial charge in [0.05, 0.1) is 11.8 Å². The van der Waals surface area contributed by atoms with Crippen LogP contribution < -0.4 is 15.8 Å². The molecule has 1 aromatic heterocycles. The molecule has 1 atom stereocenters. The van der Waals surface area contributed by atoms with Crippen LogP contribution >= 0.6 is 11.3 Å². The standard InChI is InChI=1S/C14H17N3O2S/c1-7(8-3-4-8)13(18)17-14-16-12-10(19-2)5-9(15)6-11(12)20-14/h5-8H,3-4,15H2,1-2H3,(H,16,17,18). The van der Waals surface area contributed by atoms with Crippen molar-refractivity contribution in [1.29, 1.82) is 0 Å². The van der Waals surface area contributed by atoms with Crippen molar-refractivity contribution in [3.8, 4) is 5.75 Å². The van der Waals surface area contributed by atoms with Crippen LogP contribution in [0.2, 0.25) is 0 Å². The van der Waals surface area contributed by atoms with Crippen molar-refractivity contribution in [3.05, 3.63) is 12.1 Å². The molecule has 6 heteroatoms. The third-order valence-electron chi connectivity index (χ3n) is 3.68. The molecule has 1 heterocycles. The number of nitrogens with one attached hydrogen (secondary N) is 1. The van der Waals surface area contributed by atoms with Gasteiger partial charge in [0.1, 0.15) is 11.3 Å². The number of rotatable bonds is 4. The molecule has 3 N–H and O–H groups in total. The molecule has 1 aliphatic carbocycles. The Labute approximate surface area is 121 Å². The van der Waals surface area contributed by atoms with Crippen LogP contribution in [0.1, 0.15) is 19.8 Å². The molecule has 1 aliphatic rings. The summed E-state index contributed by atoms with van der Waals surface area (Å²) in [4.78, 5) is 16.5. The molecule has 1 unspecified atom stereocenters. The molecule has 2 aromatic rings. The lowest BCUT2D eigenvalue weighted by Crippen LogP contribution is -2.21. The number of nitrogen functional groups attached to an aromatic ring is 1. The number of hydrogen-bond acceptors (Lipinski definition) is 5. The smallest absolute Gasteiger partial charge is 0.229 e. The molecule has 0 bridgehead atoms. The lowest BCUT2D eigenvalue weighted by atomic mass is 10.1. The van der Waals surface area contributed by atoms with Gasteiger partial charge < -0.3 is 15.8 Å². The van der Waals surface area contributed by atoms with Gasteiger partial charge in [-0.15, -0.1) is 0 Å². The van der Waals surface area contributed by atoms with Crippen molar-refractivity contribution in [2.75, 3.05) is 18.2 Å². The van der Waals surface area contributed by atoms with Crippen LogP contribution in [0.25, 0.3) is 10.2 Å². The number of thiazole rings is 1. The van der Waals surface area contributed by atoms with Gasteiger partial charge in [-0.3, -0.25) is 4.79 Å². The maximum atomic E-state index is 12.1. The molecular formula is C14H17N3O2S. The molecule has 0 saturated heterocycles. The first kappa shape index (κ1) is 13.2. The van der Waals surface area contributed by atoms with Gasteiger partial charge in [-0.05, 0) is 24.8 Å². The summed E-state index contributed by atoms with van der Waals surface area (Å²) >= 11 is 1.42. The summed E-state index contributed by atoms with van der Waals surface area (Å²) in [5, 5.41) is 3.49. The normalized spacial score (nSPS) is 16.1. The predicted octanol–water partition coefficient (Wildman–Crippen LogP) is 2.87. The van der Waals surface area contributed by atoms with Crippen LogP contribution in [0.5, 0.6) is 5.75 Å². The number of methoxy groups -OCH3 is 1. The highest BCUT2D eigenvalue weighted by Gasteiger charge is 2.32. The van der Waals surface area contributed by atoms with E-state index in [-0.39, 0.29) is 11.8 Å². The van der Waals surface area contributed by atoms with E-state index in [0.29, 0.717) is 22.5 Å². The lowest BCUT2D eigenvalue weighted by molar-refractivity contribution is -0.119. The number of anilines is 2. The Morgan fingerprint density at radius 2 is 2.30 bits per heavy atom. The average Bonchev–Trinajstić information content (AvgIpc) is 3.18. The molecule has 0 spiro atoms. The Hall–Kier alpha value is -1.82. The first-order valence-electron chi connectivity index (χ1n) is 6.63. The van der Waals surface area contributed by atoms with Crippen molar-refractivity contribution in [3.63, 3.8) is 0 Å². The number of fused-ring (bicyclic) bond motifs is 1. The fourth-order valence-corrected chi connectivity index (χ4v) is 3.19. The van der Waals surface area contributed by atoms with Crippen LogP contribution in [-0.4, -0.2) is 18.0 Å². The van der Waals surface area contributed by atoms with E-state index in [1.165, 1.54) is 11.3 Å². The van der Waals surface area contributed by atoms with E-state index in [1.54, 1.807) is 13.2 Å². The molecular weight excluding hydrogens is 274 g/mol. The fraction of sp³-hybridized carbons (Fsp3) is 0.429. The Bertz CT molecular complexity index is 664. The summed E-state index contributed by atoms with van der Waals surface area (Å²) < 4.78 is 6.19. The summed E-state index contributed by atoms with van der Waals surface area (Å²) in [6.45, 7) is 1.97. The Balaban J connectivity index is 1.87. The summed E-state index contributed by atoms with van der Waals surface area (Å²) in [6.07, 6.45) is 2.30. The number of ether oxygens (including phenoxy) is 1. The topological polar surface area (TPSA) is 77.2 Å². The van der Waals surface area contributed by atoms with Gasteiger partial charge in [0.2, 0.25) is 5.91 Å². The zero-order valence-electron chi connectivity index (χ0n) is 11.5. The molecule has 1 saturated carbocycles. The average molecular weight is 291 g/mol. The van der Waals surface area contributed by atoms with Crippen LogP contribution in [0.3, 0.4) is 0 Å². The molecule has 1 amide bonds. The molecule has 20 heavy (non-hydrogen) atoms. The van der Waals surface area contributed by atoms with Gasteiger partial charge in [0.15, 0.2) is 5.13 Å². The fourth-order valence-electron chi connectivity index (χ4n) is 2.26. The van der Waals surface area contributed by atoms with Crippen molar-refractivity contribution in [2.45, 2.75) is 19.8 Å². The number of carbonyl (C=O) groups excluding carboxylic acids is 1. The number of carbonyl (C=O) groups is 1. The van der Waals surface area contributed by atoms with Gasteiger partial charge in [-0.25, -0.2) is 4.98 Å². The van der Waals surface area contributed by atoms with E-state index in [1.807, 2.05) is 13.0 Å². The third kappa shape index (κ3) is 2.43. The maximum Gasteiger partial charge on any atom is 0.229 e. The monoisotopic (exact) mass is 291 g/mol. The third-order valence-corrected chi connectivity index (χ3v) is 4.59. The van der Waals surface area contributed by atoms with Crippen LogP contribution in [0, 0.1) is 11.8 Å². The molecule has 1 aromatic carbocycles. The first-order chi connectivity index (χ1) is 9.58. The predicted molar refractivity (Wildman–Crippen MR) is 81.1 cm³/mol. The van der Waals surface area contributed by atoms with E-state index in [9.17, 15) is 4.79 Å². The highest BCUT2D eigenvalue weighted by molar-refractivity contribution is 7.22. The second kappa shape index (κ2) is 4.94. The second-order valence-corrected chi connectivity index (χ2v) is 6.23. The summed E-state index contributed by atoms with van der Waals surface area (Å²) in [5.41, 5.74) is 7.18. The van der Waals surface area contributed by atoms with Gasteiger partial charge in [0, 0.05) is 17.7 Å². The van der Waals surface area contributed by atoms with Crippen LogP contribution in [0.15, 0.2) is 12.1 Å². The quantitative estimate of drug-likeness (QED) is 0.849. The van der Waals surface area contributed by atoms with Crippen molar-refractivity contribution in [2.24, 2.45) is 11.8 Å². The van der Waals surface area contributed by atoms with E-state index < -0.39 is 0 Å². The molecule has 5 nitrogen and oxygen atoms in total. The van der Waals surface area contributed by atoms with E-state index >= 15 is 0 Å². The zero-order chi connectivity index (χ0) is 14.3. The first-order valence-corrected chi connectivity index (χ1v) is 7.45. The number of benzene rings is 1. The molecule has 0 aliphatic heterocycles. The minimum atomic E-state index is 0.0403. The van der Waals surface area contributed by atoms with Crippen LogP contribution in [-0.2, 0) is 4.79 Å². The zero-order valence-corrected chi connectivity index (χ0v) is 12.3. The highest BCUT2D eigenvalue weighted by Crippen LogP contribution is 2.38. The Morgan fingerprint density at radius 3 is 2.95 bits per heavy atom. The summed E-state index contributed by atoms with van der Waals surface area (Å²) in [7, 11) is 1.58. The SMILES string of the molecule is COc1cc(N)cc2sc(NC(=O)C(C)C3CC3)nc12. The number of nitrogens with two attached hydrogens (primary N) is 1. The number of amides is 1. The van der Waals surface area contributed by atoms with E-state index in [4.69, 9.17) is 10.5 Å². The number of nitrogens with zero attached hydrogens (tertiary/aromatic N) is 1. The summed E-state index contributed by atoms with van der Waals surface area (Å²) in [5.74, 6) is 1.26. The second-order valence-electron chi connectivity index (χ2n) is 5.20. The van der Waals surface area contributed by atoms with Crippen molar-refractivity contribution < 1.29 is 9.53 Å². The van der Waals surface area contributed by atoms with Gasteiger partial charge in [-0.2, -0.15) is 0 Å². The molecule has 1 fully saturated rings. The lowest BCUT2D eigenvalue weighted by Gasteiger charge is -2.08. The van der Waals surface area contributed by atoms with Crippen molar-refractivity contribution >= 4 is 38.3 Å². The minimum Gasteiger partial charge on any atom is -0.494 e. The van der Waals surface area contributed by atoms with Gasteiger partial charge >= 0.3 is 0 Å². The van der Waals surface area contributed by atoms with Gasteiger partial charge in [-0.1, -0.05) is 18.3 Å². The molecule has 106 valence electrons. The number of aromatic nitrogens is 1. The maximum absolute atomic E-state index is 12.1. The molecule has 0 radical (unpaired) electrons. The Morgan fingerprint density at radius 1 is 1.55 bits per heavy atom. The van der Waals surface area contributed by atoms with Crippen LogP contribution in [0.4, 0.5) is 10.8 Å². The van der Waals surface area contributed by atoms with E-state index in [2.05, 4.69) is 10.3 Å². The van der Waals surface area contributed by atoms with Crippen molar-refractivity contribution in [1.82, 2.24) is 4.98 Å².